The molecule has 1 amide bonds. The van der Waals surface area contributed by atoms with E-state index in [2.05, 4.69) is 23.2 Å². The van der Waals surface area contributed by atoms with Gasteiger partial charge in [0, 0.05) is 19.6 Å². The lowest BCUT2D eigenvalue weighted by Gasteiger charge is -2.23. The number of nitrogens with two attached hydrogens (primary N) is 1. The van der Waals surface area contributed by atoms with Gasteiger partial charge in [-0.1, -0.05) is 13.0 Å². The standard InChI is InChI=1S/C16H22N4O/c1-3-19-10-12-4-5-14(13(8-12)9-17)20-7-6-16(2,11-20)15(18)21/h4-5,8,19H,3,6-7,10-11H2,1-2H3,(H2,18,21). The van der Waals surface area contributed by atoms with Crippen LogP contribution in [0.2, 0.25) is 0 Å². The molecule has 1 aromatic carbocycles. The molecule has 1 aliphatic rings. The van der Waals surface area contributed by atoms with Gasteiger partial charge in [0.15, 0.2) is 0 Å². The number of rotatable bonds is 5. The van der Waals surface area contributed by atoms with Gasteiger partial charge in [-0.2, -0.15) is 5.26 Å². The number of nitrogens with zero attached hydrogens (tertiary/aromatic N) is 2. The van der Waals surface area contributed by atoms with Gasteiger partial charge < -0.3 is 16.0 Å². The van der Waals surface area contributed by atoms with Gasteiger partial charge in [0.2, 0.25) is 5.91 Å². The van der Waals surface area contributed by atoms with E-state index in [1.807, 2.05) is 25.1 Å². The van der Waals surface area contributed by atoms with Crippen molar-refractivity contribution in [2.75, 3.05) is 24.5 Å². The third-order valence-corrected chi connectivity index (χ3v) is 4.17. The zero-order valence-electron chi connectivity index (χ0n) is 12.6. The minimum Gasteiger partial charge on any atom is -0.369 e. The van der Waals surface area contributed by atoms with Crippen molar-refractivity contribution in [3.63, 3.8) is 0 Å². The van der Waals surface area contributed by atoms with Crippen LogP contribution in [0.25, 0.3) is 0 Å². The highest BCUT2D eigenvalue weighted by Gasteiger charge is 2.39. The van der Waals surface area contributed by atoms with Crippen molar-refractivity contribution in [3.8, 4) is 6.07 Å². The average Bonchev–Trinajstić information content (AvgIpc) is 2.88. The largest absolute Gasteiger partial charge is 0.369 e. The van der Waals surface area contributed by atoms with Crippen LogP contribution in [-0.4, -0.2) is 25.5 Å². The van der Waals surface area contributed by atoms with E-state index in [1.165, 1.54) is 0 Å². The molecule has 1 heterocycles. The monoisotopic (exact) mass is 286 g/mol. The Kier molecular flexibility index (Phi) is 4.49. The highest BCUT2D eigenvalue weighted by atomic mass is 16.1. The van der Waals surface area contributed by atoms with Crippen molar-refractivity contribution >= 4 is 11.6 Å². The van der Waals surface area contributed by atoms with Crippen molar-refractivity contribution in [2.45, 2.75) is 26.8 Å². The lowest BCUT2D eigenvalue weighted by molar-refractivity contribution is -0.125. The maximum Gasteiger partial charge on any atom is 0.225 e. The molecular formula is C16H22N4O. The van der Waals surface area contributed by atoms with Crippen LogP contribution < -0.4 is 16.0 Å². The van der Waals surface area contributed by atoms with Gasteiger partial charge in [-0.3, -0.25) is 4.79 Å². The molecule has 0 radical (unpaired) electrons. The van der Waals surface area contributed by atoms with E-state index in [4.69, 9.17) is 5.73 Å². The van der Waals surface area contributed by atoms with Crippen molar-refractivity contribution in [3.05, 3.63) is 29.3 Å². The van der Waals surface area contributed by atoms with Crippen LogP contribution >= 0.6 is 0 Å². The lowest BCUT2D eigenvalue weighted by atomic mass is 9.89. The van der Waals surface area contributed by atoms with Gasteiger partial charge in [-0.25, -0.2) is 0 Å². The van der Waals surface area contributed by atoms with Crippen LogP contribution in [0, 0.1) is 16.7 Å². The van der Waals surface area contributed by atoms with Crippen molar-refractivity contribution in [1.29, 1.82) is 5.26 Å². The fourth-order valence-electron chi connectivity index (χ4n) is 2.70. The minimum absolute atomic E-state index is 0.271. The van der Waals surface area contributed by atoms with Crippen LogP contribution in [0.15, 0.2) is 18.2 Å². The second kappa shape index (κ2) is 6.15. The number of carbonyl (C=O) groups is 1. The first kappa shape index (κ1) is 15.3. The second-order valence-corrected chi connectivity index (χ2v) is 5.84. The molecule has 1 atom stereocenters. The van der Waals surface area contributed by atoms with E-state index < -0.39 is 5.41 Å². The SMILES string of the molecule is CCNCc1ccc(N2CCC(C)(C(N)=O)C2)c(C#N)c1. The van der Waals surface area contributed by atoms with Gasteiger partial charge in [-0.15, -0.1) is 0 Å². The highest BCUT2D eigenvalue weighted by molar-refractivity contribution is 5.82. The maximum atomic E-state index is 11.5. The molecule has 2 rings (SSSR count). The van der Waals surface area contributed by atoms with Crippen molar-refractivity contribution in [2.24, 2.45) is 11.1 Å². The third kappa shape index (κ3) is 3.17. The first-order valence-electron chi connectivity index (χ1n) is 7.29. The van der Waals surface area contributed by atoms with Crippen LogP contribution in [0.5, 0.6) is 0 Å². The first-order valence-corrected chi connectivity index (χ1v) is 7.29. The van der Waals surface area contributed by atoms with Crippen LogP contribution in [0.1, 0.15) is 31.4 Å². The van der Waals surface area contributed by atoms with Crippen LogP contribution in [-0.2, 0) is 11.3 Å². The van der Waals surface area contributed by atoms with Crippen molar-refractivity contribution in [1.82, 2.24) is 5.32 Å². The average molecular weight is 286 g/mol. The second-order valence-electron chi connectivity index (χ2n) is 5.84. The summed E-state index contributed by atoms with van der Waals surface area (Å²) in [5.74, 6) is -0.271. The Morgan fingerprint density at radius 3 is 2.90 bits per heavy atom. The summed E-state index contributed by atoms with van der Waals surface area (Å²) in [4.78, 5) is 13.6. The Bertz CT molecular complexity index is 578. The lowest BCUT2D eigenvalue weighted by Crippen LogP contribution is -2.37. The summed E-state index contributed by atoms with van der Waals surface area (Å²) in [6, 6.07) is 8.17. The molecule has 0 aromatic heterocycles. The van der Waals surface area contributed by atoms with Gasteiger partial charge in [-0.05, 0) is 37.6 Å². The number of nitriles is 1. The van der Waals surface area contributed by atoms with E-state index in [0.717, 1.165) is 37.3 Å². The van der Waals surface area contributed by atoms with Gasteiger partial charge in [0.05, 0.1) is 16.7 Å². The number of anilines is 1. The fraction of sp³-hybridized carbons (Fsp3) is 0.500. The predicted molar refractivity (Wildman–Crippen MR) is 82.7 cm³/mol. The van der Waals surface area contributed by atoms with Gasteiger partial charge in [0.25, 0.3) is 0 Å². The van der Waals surface area contributed by atoms with E-state index in [9.17, 15) is 10.1 Å². The van der Waals surface area contributed by atoms with E-state index in [0.29, 0.717) is 12.1 Å². The maximum absolute atomic E-state index is 11.5. The molecule has 0 bridgehead atoms. The molecule has 5 nitrogen and oxygen atoms in total. The topological polar surface area (TPSA) is 82.2 Å². The summed E-state index contributed by atoms with van der Waals surface area (Å²) >= 11 is 0. The normalized spacial score (nSPS) is 21.3. The van der Waals surface area contributed by atoms with Crippen molar-refractivity contribution < 1.29 is 4.79 Å². The summed E-state index contributed by atoms with van der Waals surface area (Å²) in [5.41, 5.74) is 7.61. The Hall–Kier alpha value is -2.06. The van der Waals surface area contributed by atoms with Gasteiger partial charge in [0.1, 0.15) is 6.07 Å². The molecule has 0 spiro atoms. The predicted octanol–water partition coefficient (Wildman–Crippen LogP) is 1.37. The molecule has 5 heteroatoms. The summed E-state index contributed by atoms with van der Waals surface area (Å²) in [5, 5.41) is 12.6. The molecule has 1 fully saturated rings. The molecule has 1 aromatic rings. The third-order valence-electron chi connectivity index (χ3n) is 4.17. The van der Waals surface area contributed by atoms with Crippen LogP contribution in [0.4, 0.5) is 5.69 Å². The molecular weight excluding hydrogens is 264 g/mol. The Labute approximate surface area is 125 Å². The first-order chi connectivity index (χ1) is 10.00. The molecule has 1 saturated heterocycles. The summed E-state index contributed by atoms with van der Waals surface area (Å²) in [6.45, 7) is 6.91. The van der Waals surface area contributed by atoms with E-state index in [1.54, 1.807) is 0 Å². The zero-order chi connectivity index (χ0) is 15.5. The van der Waals surface area contributed by atoms with E-state index in [-0.39, 0.29) is 5.91 Å². The smallest absolute Gasteiger partial charge is 0.225 e. The summed E-state index contributed by atoms with van der Waals surface area (Å²) in [6.07, 6.45) is 0.729. The number of carbonyl (C=O) groups excluding carboxylic acids is 1. The Morgan fingerprint density at radius 1 is 1.57 bits per heavy atom. The molecule has 112 valence electrons. The fourth-order valence-corrected chi connectivity index (χ4v) is 2.70. The quantitative estimate of drug-likeness (QED) is 0.856. The number of nitrogens with one attached hydrogen (secondary N) is 1. The zero-order valence-corrected chi connectivity index (χ0v) is 12.6. The number of benzene rings is 1. The van der Waals surface area contributed by atoms with Gasteiger partial charge >= 0.3 is 0 Å². The molecule has 0 aliphatic carbocycles. The number of hydrogen-bond donors (Lipinski definition) is 2. The molecule has 1 unspecified atom stereocenters. The summed E-state index contributed by atoms with van der Waals surface area (Å²) in [7, 11) is 0. The van der Waals surface area contributed by atoms with E-state index >= 15 is 0 Å². The molecule has 1 aliphatic heterocycles. The minimum atomic E-state index is -0.505. The highest BCUT2D eigenvalue weighted by Crippen LogP contribution is 2.34. The molecule has 3 N–H and O–H groups in total. The Morgan fingerprint density at radius 2 is 2.33 bits per heavy atom. The molecule has 0 saturated carbocycles. The molecule has 21 heavy (non-hydrogen) atoms. The number of hydrogen-bond acceptors (Lipinski definition) is 4. The number of primary amides is 1. The Balaban J connectivity index is 2.21. The van der Waals surface area contributed by atoms with Crippen LogP contribution in [0.3, 0.4) is 0 Å². The summed E-state index contributed by atoms with van der Waals surface area (Å²) < 4.78 is 0. The number of amides is 1.